The molecule has 110 valence electrons. The van der Waals surface area contributed by atoms with Gasteiger partial charge in [-0.25, -0.2) is 4.79 Å². The molecule has 3 rings (SSSR count). The van der Waals surface area contributed by atoms with Crippen LogP contribution in [0, 0.1) is 0 Å². The van der Waals surface area contributed by atoms with Gasteiger partial charge >= 0.3 is 6.03 Å². The van der Waals surface area contributed by atoms with E-state index in [0.717, 1.165) is 16.5 Å². The second-order valence-electron chi connectivity index (χ2n) is 4.67. The molecule has 0 saturated carbocycles. The first-order valence-corrected chi connectivity index (χ1v) is 7.33. The Hall–Kier alpha value is -2.02. The number of hydrogen-bond donors (Lipinski definition) is 1. The monoisotopic (exact) mass is 352 g/mol. The lowest BCUT2D eigenvalue weighted by Gasteiger charge is -2.08. The number of halogens is 1. The molecular weight excluding hydrogens is 340 g/mol. The Labute approximate surface area is 129 Å². The van der Waals surface area contributed by atoms with Gasteiger partial charge in [0, 0.05) is 11.0 Å². The Kier molecular flexibility index (Phi) is 3.59. The molecule has 2 heterocycles. The van der Waals surface area contributed by atoms with Crippen LogP contribution in [0.3, 0.4) is 0 Å². The summed E-state index contributed by atoms with van der Waals surface area (Å²) in [5, 5.41) is 2.59. The first-order chi connectivity index (χ1) is 10.1. The number of hydrogen-bond acceptors (Lipinski definition) is 4. The highest BCUT2D eigenvalue weighted by Crippen LogP contribution is 2.37. The van der Waals surface area contributed by atoms with E-state index in [-0.39, 0.29) is 24.4 Å². The molecule has 0 bridgehead atoms. The third-order valence-electron chi connectivity index (χ3n) is 3.20. The molecular formula is C14H13BrN2O4. The van der Waals surface area contributed by atoms with Crippen LogP contribution >= 0.6 is 15.9 Å². The van der Waals surface area contributed by atoms with Crippen LogP contribution < -0.4 is 14.8 Å². The van der Waals surface area contributed by atoms with Gasteiger partial charge in [0.15, 0.2) is 11.5 Å². The van der Waals surface area contributed by atoms with Crippen LogP contribution in [-0.2, 0) is 4.79 Å². The molecule has 0 radical (unpaired) electrons. The second-order valence-corrected chi connectivity index (χ2v) is 5.53. The number of nitrogens with one attached hydrogen (secondary N) is 1. The number of fused-ring (bicyclic) bond motifs is 1. The van der Waals surface area contributed by atoms with Crippen LogP contribution in [0.2, 0.25) is 0 Å². The number of imide groups is 1. The van der Waals surface area contributed by atoms with Crippen LogP contribution in [0.1, 0.15) is 18.9 Å². The lowest BCUT2D eigenvalue weighted by atomic mass is 10.1. The van der Waals surface area contributed by atoms with Crippen molar-refractivity contribution in [1.82, 2.24) is 10.2 Å². The third-order valence-corrected chi connectivity index (χ3v) is 3.89. The molecule has 1 aromatic rings. The summed E-state index contributed by atoms with van der Waals surface area (Å²) < 4.78 is 11.3. The van der Waals surface area contributed by atoms with E-state index in [0.29, 0.717) is 18.0 Å². The fraction of sp³-hybridized carbons (Fsp3) is 0.286. The van der Waals surface area contributed by atoms with E-state index in [1.54, 1.807) is 18.2 Å². The Morgan fingerprint density at radius 1 is 1.33 bits per heavy atom. The summed E-state index contributed by atoms with van der Waals surface area (Å²) in [5.41, 5.74) is 0.995. The standard InChI is InChI=1S/C14H13BrN2O4/c1-2-3-17-13(18)10(16-14(17)19)4-8-5-11-12(6-9(8)15)21-7-20-11/h4-6H,2-3,7H2,1H3,(H,16,19)/b10-4-. The Morgan fingerprint density at radius 2 is 2.05 bits per heavy atom. The quantitative estimate of drug-likeness (QED) is 0.670. The van der Waals surface area contributed by atoms with Crippen molar-refractivity contribution in [2.24, 2.45) is 0 Å². The molecule has 0 aromatic heterocycles. The van der Waals surface area contributed by atoms with Gasteiger partial charge in [0.05, 0.1) is 0 Å². The maximum atomic E-state index is 12.2. The normalized spacial score (nSPS) is 18.6. The van der Waals surface area contributed by atoms with E-state index in [2.05, 4.69) is 21.2 Å². The van der Waals surface area contributed by atoms with E-state index in [4.69, 9.17) is 9.47 Å². The van der Waals surface area contributed by atoms with Crippen LogP contribution in [0.4, 0.5) is 4.79 Å². The van der Waals surface area contributed by atoms with Crippen LogP contribution in [0.5, 0.6) is 11.5 Å². The maximum Gasteiger partial charge on any atom is 0.329 e. The van der Waals surface area contributed by atoms with Gasteiger partial charge in [0.25, 0.3) is 5.91 Å². The van der Waals surface area contributed by atoms with Gasteiger partial charge in [-0.3, -0.25) is 9.69 Å². The lowest BCUT2D eigenvalue weighted by Crippen LogP contribution is -2.31. The molecule has 0 spiro atoms. The van der Waals surface area contributed by atoms with Gasteiger partial charge < -0.3 is 14.8 Å². The Balaban J connectivity index is 1.92. The second kappa shape index (κ2) is 5.40. The molecule has 1 fully saturated rings. The van der Waals surface area contributed by atoms with E-state index in [1.165, 1.54) is 4.90 Å². The van der Waals surface area contributed by atoms with Gasteiger partial charge in [-0.05, 0) is 30.2 Å². The van der Waals surface area contributed by atoms with Crippen molar-refractivity contribution in [2.75, 3.05) is 13.3 Å². The third kappa shape index (κ3) is 2.49. The average molecular weight is 353 g/mol. The molecule has 2 aliphatic heterocycles. The number of rotatable bonds is 3. The topological polar surface area (TPSA) is 67.9 Å². The first-order valence-electron chi connectivity index (χ1n) is 6.54. The Bertz CT molecular complexity index is 657. The molecule has 0 atom stereocenters. The highest BCUT2D eigenvalue weighted by Gasteiger charge is 2.32. The summed E-state index contributed by atoms with van der Waals surface area (Å²) >= 11 is 3.42. The van der Waals surface area contributed by atoms with Crippen molar-refractivity contribution < 1.29 is 19.1 Å². The smallest absolute Gasteiger partial charge is 0.329 e. The fourth-order valence-electron chi connectivity index (χ4n) is 2.20. The van der Waals surface area contributed by atoms with Crippen LogP contribution in [0.15, 0.2) is 22.3 Å². The number of amides is 3. The molecule has 1 aromatic carbocycles. The molecule has 1 N–H and O–H groups in total. The Morgan fingerprint density at radius 3 is 2.76 bits per heavy atom. The van der Waals surface area contributed by atoms with E-state index >= 15 is 0 Å². The zero-order valence-corrected chi connectivity index (χ0v) is 12.9. The predicted molar refractivity (Wildman–Crippen MR) is 78.8 cm³/mol. The summed E-state index contributed by atoms with van der Waals surface area (Å²) in [7, 11) is 0. The zero-order valence-electron chi connectivity index (χ0n) is 11.3. The number of carbonyl (C=O) groups excluding carboxylic acids is 2. The van der Waals surface area contributed by atoms with Crippen molar-refractivity contribution in [3.8, 4) is 11.5 Å². The number of benzene rings is 1. The highest BCUT2D eigenvalue weighted by atomic mass is 79.9. The molecule has 0 unspecified atom stereocenters. The lowest BCUT2D eigenvalue weighted by molar-refractivity contribution is -0.122. The SMILES string of the molecule is CCCN1C(=O)N/C(=C\c2cc3c(cc2Br)OCO3)C1=O. The molecule has 3 amide bonds. The summed E-state index contributed by atoms with van der Waals surface area (Å²) in [4.78, 5) is 25.1. The molecule has 21 heavy (non-hydrogen) atoms. The summed E-state index contributed by atoms with van der Waals surface area (Å²) in [5.74, 6) is 0.956. The maximum absolute atomic E-state index is 12.2. The molecule has 1 saturated heterocycles. The summed E-state index contributed by atoms with van der Waals surface area (Å²) in [6.07, 6.45) is 2.35. The van der Waals surface area contributed by atoms with Crippen LogP contribution in [-0.4, -0.2) is 30.2 Å². The first kappa shape index (κ1) is 13.9. The van der Waals surface area contributed by atoms with Gasteiger partial charge in [-0.2, -0.15) is 0 Å². The van der Waals surface area contributed by atoms with Gasteiger partial charge in [0.1, 0.15) is 5.70 Å². The minimum absolute atomic E-state index is 0.182. The van der Waals surface area contributed by atoms with Crippen molar-refractivity contribution in [3.05, 3.63) is 27.9 Å². The van der Waals surface area contributed by atoms with Gasteiger partial charge in [-0.15, -0.1) is 0 Å². The van der Waals surface area contributed by atoms with Crippen molar-refractivity contribution >= 4 is 33.9 Å². The highest BCUT2D eigenvalue weighted by molar-refractivity contribution is 9.10. The molecule has 0 aliphatic carbocycles. The molecule has 2 aliphatic rings. The number of ether oxygens (including phenoxy) is 2. The minimum atomic E-state index is -0.384. The average Bonchev–Trinajstić information content (AvgIpc) is 2.99. The van der Waals surface area contributed by atoms with Crippen molar-refractivity contribution in [3.63, 3.8) is 0 Å². The number of carbonyl (C=O) groups is 2. The number of urea groups is 1. The summed E-state index contributed by atoms with van der Waals surface area (Å²) in [6, 6.07) is 3.16. The van der Waals surface area contributed by atoms with Gasteiger partial charge in [-0.1, -0.05) is 22.9 Å². The van der Waals surface area contributed by atoms with Gasteiger partial charge in [0.2, 0.25) is 6.79 Å². The minimum Gasteiger partial charge on any atom is -0.454 e. The van der Waals surface area contributed by atoms with E-state index in [1.807, 2.05) is 6.92 Å². The number of nitrogens with zero attached hydrogens (tertiary/aromatic N) is 1. The zero-order chi connectivity index (χ0) is 15.0. The molecule has 6 nitrogen and oxygen atoms in total. The fourth-order valence-corrected chi connectivity index (χ4v) is 2.63. The van der Waals surface area contributed by atoms with E-state index in [9.17, 15) is 9.59 Å². The van der Waals surface area contributed by atoms with E-state index < -0.39 is 0 Å². The van der Waals surface area contributed by atoms with Crippen LogP contribution in [0.25, 0.3) is 6.08 Å². The molecule has 7 heteroatoms. The summed E-state index contributed by atoms with van der Waals surface area (Å²) in [6.45, 7) is 2.50. The van der Waals surface area contributed by atoms with Crippen molar-refractivity contribution in [1.29, 1.82) is 0 Å². The predicted octanol–water partition coefficient (Wildman–Crippen LogP) is 2.48. The largest absolute Gasteiger partial charge is 0.454 e. The van der Waals surface area contributed by atoms with Crippen molar-refractivity contribution in [2.45, 2.75) is 13.3 Å².